The smallest absolute Gasteiger partial charge is 0.306 e. The molecule has 2 atom stereocenters. The molecule has 1 fully saturated rings. The number of carbonyl (C=O) groups is 2. The zero-order chi connectivity index (χ0) is 18.7. The monoisotopic (exact) mass is 353 g/mol. The molecule has 1 aromatic carbocycles. The van der Waals surface area contributed by atoms with E-state index in [1.165, 1.54) is 0 Å². The van der Waals surface area contributed by atoms with Gasteiger partial charge in [0.15, 0.2) is 0 Å². The summed E-state index contributed by atoms with van der Waals surface area (Å²) < 4.78 is 0. The van der Waals surface area contributed by atoms with Gasteiger partial charge in [-0.2, -0.15) is 0 Å². The van der Waals surface area contributed by atoms with Crippen molar-refractivity contribution >= 4 is 23.4 Å². The zero-order valence-electron chi connectivity index (χ0n) is 15.0. The number of aliphatic carboxylic acids is 1. The molecule has 2 unspecified atom stereocenters. The van der Waals surface area contributed by atoms with Gasteiger partial charge in [-0.25, -0.2) is 4.98 Å². The van der Waals surface area contributed by atoms with E-state index in [9.17, 15) is 14.7 Å². The molecule has 6 heteroatoms. The summed E-state index contributed by atoms with van der Waals surface area (Å²) in [5, 5.41) is 9.21. The Labute approximate surface area is 153 Å². The molecule has 3 rings (SSSR count). The molecule has 1 N–H and O–H groups in total. The lowest BCUT2D eigenvalue weighted by atomic mass is 9.87. The largest absolute Gasteiger partial charge is 0.481 e. The van der Waals surface area contributed by atoms with Crippen molar-refractivity contribution in [1.82, 2.24) is 9.88 Å². The van der Waals surface area contributed by atoms with E-state index < -0.39 is 5.97 Å². The van der Waals surface area contributed by atoms with Crippen molar-refractivity contribution in [3.63, 3.8) is 0 Å². The summed E-state index contributed by atoms with van der Waals surface area (Å²) in [6.07, 6.45) is 2.08. The molecule has 1 aliphatic heterocycles. The molecule has 1 amide bonds. The summed E-state index contributed by atoms with van der Waals surface area (Å²) in [4.78, 5) is 32.0. The van der Waals surface area contributed by atoms with Gasteiger partial charge in [0.25, 0.3) is 5.91 Å². The minimum Gasteiger partial charge on any atom is -0.481 e. The van der Waals surface area contributed by atoms with E-state index in [1.54, 1.807) is 17.2 Å². The quantitative estimate of drug-likeness (QED) is 0.914. The Morgan fingerprint density at radius 3 is 2.50 bits per heavy atom. The highest BCUT2D eigenvalue weighted by Crippen LogP contribution is 2.25. The van der Waals surface area contributed by atoms with Crippen LogP contribution in [0.4, 0.5) is 11.5 Å². The zero-order valence-corrected chi connectivity index (χ0v) is 15.0. The predicted molar refractivity (Wildman–Crippen MR) is 99.6 cm³/mol. The highest BCUT2D eigenvalue weighted by molar-refractivity contribution is 5.94. The van der Waals surface area contributed by atoms with Gasteiger partial charge in [0.05, 0.1) is 11.5 Å². The van der Waals surface area contributed by atoms with Gasteiger partial charge in [0.1, 0.15) is 5.82 Å². The second-order valence-electron chi connectivity index (χ2n) is 6.76. The molecule has 6 nitrogen and oxygen atoms in total. The molecule has 2 aromatic rings. The number of hydrogen-bond acceptors (Lipinski definition) is 4. The number of carboxylic acids is 1. The molecule has 2 heterocycles. The highest BCUT2D eigenvalue weighted by Gasteiger charge is 2.33. The van der Waals surface area contributed by atoms with Gasteiger partial charge in [-0.15, -0.1) is 0 Å². The van der Waals surface area contributed by atoms with E-state index in [0.717, 1.165) is 11.5 Å². The third kappa shape index (κ3) is 3.69. The summed E-state index contributed by atoms with van der Waals surface area (Å²) in [7, 11) is 1.93. The maximum atomic E-state index is 12.7. The second-order valence-corrected chi connectivity index (χ2v) is 6.76. The Kier molecular flexibility index (Phi) is 5.21. The van der Waals surface area contributed by atoms with Crippen LogP contribution in [0.1, 0.15) is 23.7 Å². The van der Waals surface area contributed by atoms with Crippen molar-refractivity contribution in [3.05, 3.63) is 54.2 Å². The number of piperidine rings is 1. The average Bonchev–Trinajstić information content (AvgIpc) is 2.67. The second kappa shape index (κ2) is 7.56. The molecule has 1 aliphatic rings. The Hall–Kier alpha value is -2.89. The molecule has 1 saturated heterocycles. The topological polar surface area (TPSA) is 73.7 Å². The van der Waals surface area contributed by atoms with Crippen LogP contribution in [0.15, 0.2) is 48.7 Å². The molecule has 0 aliphatic carbocycles. The number of rotatable bonds is 4. The van der Waals surface area contributed by atoms with Crippen LogP contribution < -0.4 is 4.90 Å². The highest BCUT2D eigenvalue weighted by atomic mass is 16.4. The number of pyridine rings is 1. The first-order valence-electron chi connectivity index (χ1n) is 8.74. The van der Waals surface area contributed by atoms with Gasteiger partial charge in [-0.05, 0) is 36.6 Å². The third-order valence-electron chi connectivity index (χ3n) is 4.99. The lowest BCUT2D eigenvalue weighted by Gasteiger charge is -2.35. The molecule has 0 saturated carbocycles. The van der Waals surface area contributed by atoms with Crippen LogP contribution in [-0.2, 0) is 4.79 Å². The van der Waals surface area contributed by atoms with Crippen LogP contribution in [0.25, 0.3) is 0 Å². The van der Waals surface area contributed by atoms with Crippen LogP contribution in [0, 0.1) is 11.8 Å². The number of hydrogen-bond donors (Lipinski definition) is 1. The number of para-hydroxylation sites is 1. The van der Waals surface area contributed by atoms with Gasteiger partial charge in [0.2, 0.25) is 0 Å². The molecule has 1 aromatic heterocycles. The van der Waals surface area contributed by atoms with Crippen molar-refractivity contribution in [2.24, 2.45) is 11.8 Å². The molecular formula is C20H23N3O3. The summed E-state index contributed by atoms with van der Waals surface area (Å²) in [5.41, 5.74) is 1.54. The van der Waals surface area contributed by atoms with Crippen LogP contribution in [0.5, 0.6) is 0 Å². The number of anilines is 2. The van der Waals surface area contributed by atoms with Gasteiger partial charge in [-0.3, -0.25) is 9.59 Å². The van der Waals surface area contributed by atoms with E-state index in [-0.39, 0.29) is 17.7 Å². The number of benzene rings is 1. The van der Waals surface area contributed by atoms with Crippen molar-refractivity contribution in [2.75, 3.05) is 25.0 Å². The Bertz CT molecular complexity index is 777. The summed E-state index contributed by atoms with van der Waals surface area (Å²) in [6.45, 7) is 2.81. The van der Waals surface area contributed by atoms with Crippen molar-refractivity contribution < 1.29 is 14.7 Å². The Morgan fingerprint density at radius 1 is 1.19 bits per heavy atom. The maximum Gasteiger partial charge on any atom is 0.306 e. The van der Waals surface area contributed by atoms with E-state index in [0.29, 0.717) is 25.1 Å². The van der Waals surface area contributed by atoms with Gasteiger partial charge in [-0.1, -0.05) is 25.1 Å². The van der Waals surface area contributed by atoms with E-state index in [4.69, 9.17) is 0 Å². The molecule has 0 bridgehead atoms. The number of aromatic nitrogens is 1. The van der Waals surface area contributed by atoms with Crippen LogP contribution in [0.2, 0.25) is 0 Å². The fourth-order valence-electron chi connectivity index (χ4n) is 3.37. The van der Waals surface area contributed by atoms with Gasteiger partial charge < -0.3 is 14.9 Å². The Morgan fingerprint density at radius 2 is 1.92 bits per heavy atom. The minimum absolute atomic E-state index is 0.0540. The van der Waals surface area contributed by atoms with Crippen LogP contribution >= 0.6 is 0 Å². The number of carbonyl (C=O) groups excluding carboxylic acids is 1. The fourth-order valence-corrected chi connectivity index (χ4v) is 3.37. The number of carboxylic acid groups (broad SMARTS) is 1. The van der Waals surface area contributed by atoms with Crippen molar-refractivity contribution in [2.45, 2.75) is 13.3 Å². The van der Waals surface area contributed by atoms with Crippen LogP contribution in [-0.4, -0.2) is 47.0 Å². The molecule has 136 valence electrons. The predicted octanol–water partition coefficient (Wildman–Crippen LogP) is 3.03. The molecule has 0 radical (unpaired) electrons. The lowest BCUT2D eigenvalue weighted by molar-refractivity contribution is -0.145. The van der Waals surface area contributed by atoms with Crippen molar-refractivity contribution in [3.8, 4) is 0 Å². The standard InChI is InChI=1S/C20H23N3O3/c1-14-13-23(11-10-17(14)20(25)26)19(24)15-8-9-18(21-12-15)22(2)16-6-4-3-5-7-16/h3-9,12,14,17H,10-11,13H2,1-2H3,(H,25,26). The number of likely N-dealkylation sites (tertiary alicyclic amines) is 1. The summed E-state index contributed by atoms with van der Waals surface area (Å²) in [5.74, 6) is -0.548. The SMILES string of the molecule is CC1CN(C(=O)c2ccc(N(C)c3ccccc3)nc2)CCC1C(=O)O. The maximum absolute atomic E-state index is 12.7. The summed E-state index contributed by atoms with van der Waals surface area (Å²) in [6, 6.07) is 13.5. The normalized spacial score (nSPS) is 19.8. The van der Waals surface area contributed by atoms with Gasteiger partial charge in [0, 0.05) is 32.0 Å². The van der Waals surface area contributed by atoms with Crippen LogP contribution in [0.3, 0.4) is 0 Å². The molecule has 0 spiro atoms. The number of nitrogens with zero attached hydrogens (tertiary/aromatic N) is 3. The Balaban J connectivity index is 1.69. The van der Waals surface area contributed by atoms with E-state index in [2.05, 4.69) is 4.98 Å². The van der Waals surface area contributed by atoms with E-state index in [1.807, 2.05) is 55.3 Å². The summed E-state index contributed by atoms with van der Waals surface area (Å²) >= 11 is 0. The third-order valence-corrected chi connectivity index (χ3v) is 4.99. The van der Waals surface area contributed by atoms with E-state index >= 15 is 0 Å². The first-order valence-corrected chi connectivity index (χ1v) is 8.74. The average molecular weight is 353 g/mol. The molecular weight excluding hydrogens is 330 g/mol. The first-order chi connectivity index (χ1) is 12.5. The van der Waals surface area contributed by atoms with Crippen molar-refractivity contribution in [1.29, 1.82) is 0 Å². The minimum atomic E-state index is -0.778. The fraction of sp³-hybridized carbons (Fsp3) is 0.350. The van der Waals surface area contributed by atoms with Gasteiger partial charge >= 0.3 is 5.97 Å². The number of amides is 1. The lowest BCUT2D eigenvalue weighted by Crippen LogP contribution is -2.45. The molecule has 26 heavy (non-hydrogen) atoms. The first kappa shape index (κ1) is 17.9.